The molecule has 134 valence electrons. The van der Waals surface area contributed by atoms with Crippen LogP contribution in [-0.2, 0) is 4.79 Å². The molecule has 2 aromatic carbocycles. The molecule has 0 aliphatic rings. The summed E-state index contributed by atoms with van der Waals surface area (Å²) in [7, 11) is 0. The Labute approximate surface area is 151 Å². The van der Waals surface area contributed by atoms with Gasteiger partial charge in [-0.15, -0.1) is 0 Å². The molecular formula is C20H21N3O3. The van der Waals surface area contributed by atoms with Crippen molar-refractivity contribution in [2.75, 3.05) is 0 Å². The van der Waals surface area contributed by atoms with Crippen LogP contribution >= 0.6 is 0 Å². The van der Waals surface area contributed by atoms with Crippen molar-refractivity contribution in [2.45, 2.75) is 32.2 Å². The number of amides is 1. The van der Waals surface area contributed by atoms with Gasteiger partial charge in [-0.3, -0.25) is 14.9 Å². The standard InChI is InChI=1S/C20H21N3O3/c1-13(2)22-20(24)11-17(14-6-5-7-15(10-14)23(25)26)18-12-21-19-9-4-3-8-16(18)19/h3-10,12-13,17,21H,11H2,1-2H3,(H,22,24)/t17-/m0/s1. The number of nitro groups is 1. The quantitative estimate of drug-likeness (QED) is 0.517. The van der Waals surface area contributed by atoms with Gasteiger partial charge < -0.3 is 10.3 Å². The zero-order valence-electron chi connectivity index (χ0n) is 14.7. The van der Waals surface area contributed by atoms with Crippen molar-refractivity contribution < 1.29 is 9.72 Å². The van der Waals surface area contributed by atoms with E-state index in [1.54, 1.807) is 12.1 Å². The SMILES string of the molecule is CC(C)NC(=O)C[C@@H](c1cccc([N+](=O)[O-])c1)c1c[nH]c2ccccc12. The topological polar surface area (TPSA) is 88.0 Å². The Balaban J connectivity index is 2.06. The maximum atomic E-state index is 12.4. The van der Waals surface area contributed by atoms with Crippen molar-refractivity contribution in [3.63, 3.8) is 0 Å². The van der Waals surface area contributed by atoms with Gasteiger partial charge in [0, 0.05) is 47.6 Å². The minimum Gasteiger partial charge on any atom is -0.361 e. The van der Waals surface area contributed by atoms with Crippen molar-refractivity contribution in [1.29, 1.82) is 0 Å². The number of hydrogen-bond donors (Lipinski definition) is 2. The molecule has 3 rings (SSSR count). The molecule has 1 amide bonds. The first-order valence-corrected chi connectivity index (χ1v) is 8.55. The zero-order valence-corrected chi connectivity index (χ0v) is 14.7. The predicted molar refractivity (Wildman–Crippen MR) is 101 cm³/mol. The Morgan fingerprint density at radius 3 is 2.69 bits per heavy atom. The number of non-ortho nitro benzene ring substituents is 1. The molecule has 6 heteroatoms. The molecule has 0 spiro atoms. The fraction of sp³-hybridized carbons (Fsp3) is 0.250. The van der Waals surface area contributed by atoms with Crippen LogP contribution in [0, 0.1) is 10.1 Å². The second-order valence-electron chi connectivity index (χ2n) is 6.62. The lowest BCUT2D eigenvalue weighted by Gasteiger charge is -2.18. The molecule has 0 unspecified atom stereocenters. The van der Waals surface area contributed by atoms with Crippen molar-refractivity contribution in [3.8, 4) is 0 Å². The summed E-state index contributed by atoms with van der Waals surface area (Å²) >= 11 is 0. The van der Waals surface area contributed by atoms with Crippen molar-refractivity contribution >= 4 is 22.5 Å². The first-order valence-electron chi connectivity index (χ1n) is 8.55. The smallest absolute Gasteiger partial charge is 0.269 e. The van der Waals surface area contributed by atoms with Crippen LogP contribution in [0.15, 0.2) is 54.7 Å². The number of nitro benzene ring substituents is 1. The predicted octanol–water partition coefficient (Wildman–Crippen LogP) is 4.12. The van der Waals surface area contributed by atoms with Crippen molar-refractivity contribution in [3.05, 3.63) is 76.0 Å². The van der Waals surface area contributed by atoms with Crippen LogP contribution in [0.5, 0.6) is 0 Å². The highest BCUT2D eigenvalue weighted by Gasteiger charge is 2.23. The van der Waals surface area contributed by atoms with Crippen LogP contribution in [0.2, 0.25) is 0 Å². The van der Waals surface area contributed by atoms with Gasteiger partial charge in [0.05, 0.1) is 4.92 Å². The molecule has 1 heterocycles. The minimum absolute atomic E-state index is 0.0246. The van der Waals surface area contributed by atoms with E-state index in [-0.39, 0.29) is 30.0 Å². The number of aromatic nitrogens is 1. The summed E-state index contributed by atoms with van der Waals surface area (Å²) in [4.78, 5) is 26.4. The summed E-state index contributed by atoms with van der Waals surface area (Å²) in [5.74, 6) is -0.355. The number of H-pyrrole nitrogens is 1. The molecule has 0 saturated carbocycles. The fourth-order valence-corrected chi connectivity index (χ4v) is 3.21. The molecule has 1 aromatic heterocycles. The number of fused-ring (bicyclic) bond motifs is 1. The van der Waals surface area contributed by atoms with Crippen LogP contribution in [0.25, 0.3) is 10.9 Å². The molecule has 0 radical (unpaired) electrons. The summed E-state index contributed by atoms with van der Waals surface area (Å²) < 4.78 is 0. The largest absolute Gasteiger partial charge is 0.361 e. The summed E-state index contributed by atoms with van der Waals surface area (Å²) in [6, 6.07) is 14.4. The molecule has 0 bridgehead atoms. The highest BCUT2D eigenvalue weighted by molar-refractivity contribution is 5.86. The molecule has 26 heavy (non-hydrogen) atoms. The number of nitrogens with one attached hydrogen (secondary N) is 2. The second-order valence-corrected chi connectivity index (χ2v) is 6.62. The normalized spacial score (nSPS) is 12.3. The van der Waals surface area contributed by atoms with Gasteiger partial charge in [-0.05, 0) is 31.0 Å². The van der Waals surface area contributed by atoms with E-state index in [0.29, 0.717) is 0 Å². The summed E-state index contributed by atoms with van der Waals surface area (Å²) in [6.45, 7) is 3.82. The zero-order chi connectivity index (χ0) is 18.7. The fourth-order valence-electron chi connectivity index (χ4n) is 3.21. The maximum Gasteiger partial charge on any atom is 0.269 e. The number of carbonyl (C=O) groups excluding carboxylic acids is 1. The highest BCUT2D eigenvalue weighted by Crippen LogP contribution is 2.34. The molecule has 0 aliphatic carbocycles. The number of benzene rings is 2. The summed E-state index contributed by atoms with van der Waals surface area (Å²) in [6.07, 6.45) is 2.11. The van der Waals surface area contributed by atoms with E-state index >= 15 is 0 Å². The minimum atomic E-state index is -0.413. The lowest BCUT2D eigenvalue weighted by Crippen LogP contribution is -2.31. The van der Waals surface area contributed by atoms with E-state index in [9.17, 15) is 14.9 Å². The molecule has 2 N–H and O–H groups in total. The average Bonchev–Trinajstić information content (AvgIpc) is 3.03. The number of hydrogen-bond acceptors (Lipinski definition) is 3. The Morgan fingerprint density at radius 1 is 1.19 bits per heavy atom. The van der Waals surface area contributed by atoms with Gasteiger partial charge in [-0.2, -0.15) is 0 Å². The van der Waals surface area contributed by atoms with Gasteiger partial charge in [0.1, 0.15) is 0 Å². The molecule has 0 aliphatic heterocycles. The lowest BCUT2D eigenvalue weighted by molar-refractivity contribution is -0.384. The third-order valence-corrected chi connectivity index (χ3v) is 4.32. The number of para-hydroxylation sites is 1. The van der Waals surface area contributed by atoms with Gasteiger partial charge >= 0.3 is 0 Å². The summed E-state index contributed by atoms with van der Waals surface area (Å²) in [5.41, 5.74) is 2.71. The van der Waals surface area contributed by atoms with Crippen LogP contribution in [-0.4, -0.2) is 21.9 Å². The van der Waals surface area contributed by atoms with Gasteiger partial charge in [-0.1, -0.05) is 30.3 Å². The first-order chi connectivity index (χ1) is 12.5. The Hall–Kier alpha value is -3.15. The van der Waals surface area contributed by atoms with E-state index in [1.807, 2.05) is 50.4 Å². The number of nitrogens with zero attached hydrogens (tertiary/aromatic N) is 1. The monoisotopic (exact) mass is 351 g/mol. The van der Waals surface area contributed by atoms with Crippen LogP contribution < -0.4 is 5.32 Å². The summed E-state index contributed by atoms with van der Waals surface area (Å²) in [5, 5.41) is 15.1. The van der Waals surface area contributed by atoms with Crippen molar-refractivity contribution in [1.82, 2.24) is 10.3 Å². The number of rotatable bonds is 6. The third-order valence-electron chi connectivity index (χ3n) is 4.32. The molecule has 1 atom stereocenters. The van der Waals surface area contributed by atoms with E-state index in [1.165, 1.54) is 6.07 Å². The maximum absolute atomic E-state index is 12.4. The van der Waals surface area contributed by atoms with Crippen molar-refractivity contribution in [2.24, 2.45) is 0 Å². The van der Waals surface area contributed by atoms with E-state index < -0.39 is 4.92 Å². The van der Waals surface area contributed by atoms with E-state index in [0.717, 1.165) is 22.0 Å². The third kappa shape index (κ3) is 3.74. The van der Waals surface area contributed by atoms with E-state index in [4.69, 9.17) is 0 Å². The number of aromatic amines is 1. The van der Waals surface area contributed by atoms with E-state index in [2.05, 4.69) is 10.3 Å². The Bertz CT molecular complexity index is 946. The molecule has 0 fully saturated rings. The number of carbonyl (C=O) groups is 1. The average molecular weight is 351 g/mol. The van der Waals surface area contributed by atoms with Gasteiger partial charge in [0.2, 0.25) is 5.91 Å². The van der Waals surface area contributed by atoms with Crippen LogP contribution in [0.1, 0.15) is 37.3 Å². The lowest BCUT2D eigenvalue weighted by atomic mass is 9.87. The Morgan fingerprint density at radius 2 is 1.96 bits per heavy atom. The molecule has 0 saturated heterocycles. The highest BCUT2D eigenvalue weighted by atomic mass is 16.6. The van der Waals surface area contributed by atoms with Gasteiger partial charge in [0.25, 0.3) is 5.69 Å². The molecular weight excluding hydrogens is 330 g/mol. The second kappa shape index (κ2) is 7.39. The van der Waals surface area contributed by atoms with Crippen LogP contribution in [0.3, 0.4) is 0 Å². The Kier molecular flexibility index (Phi) is 5.02. The molecule has 3 aromatic rings. The van der Waals surface area contributed by atoms with Gasteiger partial charge in [-0.25, -0.2) is 0 Å². The molecule has 6 nitrogen and oxygen atoms in total. The van der Waals surface area contributed by atoms with Gasteiger partial charge in [0.15, 0.2) is 0 Å². The van der Waals surface area contributed by atoms with Crippen LogP contribution in [0.4, 0.5) is 5.69 Å². The first kappa shape index (κ1) is 17.7.